The first-order chi connectivity index (χ1) is 47.0. The Morgan fingerprint density at radius 1 is 0.208 bits per heavy atom. The van der Waals surface area contributed by atoms with Crippen molar-refractivity contribution in [3.8, 4) is 0 Å². The maximum atomic E-state index is 12.4. The zero-order chi connectivity index (χ0) is 76.9. The number of carbonyl (C=O) groups excluding carboxylic acids is 6. The van der Waals surface area contributed by atoms with Gasteiger partial charge in [-0.15, -0.1) is 0 Å². The summed E-state index contributed by atoms with van der Waals surface area (Å²) in [6, 6.07) is 0. The van der Waals surface area contributed by atoms with Crippen LogP contribution in [0.2, 0.25) is 0 Å². The summed E-state index contributed by atoms with van der Waals surface area (Å²) >= 11 is 0. The highest BCUT2D eigenvalue weighted by atomic mass is 16.6. The molecule has 0 atom stereocenters. The zero-order valence-electron chi connectivity index (χ0n) is 71.1. The van der Waals surface area contributed by atoms with Crippen LogP contribution < -0.4 is 0 Å². The van der Waals surface area contributed by atoms with Crippen LogP contribution in [-0.4, -0.2) is 69.4 Å². The van der Waals surface area contributed by atoms with Gasteiger partial charge < -0.3 is 28.4 Å². The summed E-state index contributed by atoms with van der Waals surface area (Å²) in [6.45, 7) is 48.6. The Bertz CT molecular complexity index is 2310. The lowest BCUT2D eigenvalue weighted by atomic mass is 9.85. The third kappa shape index (κ3) is 35.9. The molecule has 0 aromatic rings. The van der Waals surface area contributed by atoms with Crippen LogP contribution in [0.4, 0.5) is 0 Å². The topological polar surface area (TPSA) is 158 Å². The normalized spacial score (nSPS) is 21.1. The average molecular weight is 1430 g/mol. The average Bonchev–Trinajstić information content (AvgIpc) is 1.85. The van der Waals surface area contributed by atoms with Crippen LogP contribution >= 0.6 is 0 Å². The van der Waals surface area contributed by atoms with E-state index in [2.05, 4.69) is 55.4 Å². The molecule has 0 heterocycles. The van der Waals surface area contributed by atoms with Gasteiger partial charge in [0.25, 0.3) is 0 Å². The van der Waals surface area contributed by atoms with Gasteiger partial charge in [0.1, 0.15) is 33.6 Å². The minimum absolute atomic E-state index is 0.0104. The minimum atomic E-state index is -0.354. The fourth-order valence-corrected chi connectivity index (χ4v) is 13.6. The fraction of sp³-hybridized carbons (Fsp3) is 0.933. The maximum absolute atomic E-state index is 12.4. The van der Waals surface area contributed by atoms with Crippen LogP contribution in [0.1, 0.15) is 468 Å². The Kier molecular flexibility index (Phi) is 43.1. The highest BCUT2D eigenvalue weighted by Crippen LogP contribution is 2.42. The van der Waals surface area contributed by atoms with E-state index in [1.54, 1.807) is 0 Å². The quantitative estimate of drug-likeness (QED) is 0.0646. The third-order valence-electron chi connectivity index (χ3n) is 25.3. The molecular weight excluding hydrogens is 1260 g/mol. The van der Waals surface area contributed by atoms with Gasteiger partial charge in [0.15, 0.2) is 0 Å². The van der Waals surface area contributed by atoms with Crippen LogP contribution in [0.5, 0.6) is 0 Å². The summed E-state index contributed by atoms with van der Waals surface area (Å²) in [4.78, 5) is 72.7. The lowest BCUT2D eigenvalue weighted by Crippen LogP contribution is -2.39. The molecule has 0 aromatic heterocycles. The molecule has 0 spiro atoms. The van der Waals surface area contributed by atoms with Gasteiger partial charge in [0.05, 0.1) is 32.5 Å². The van der Waals surface area contributed by atoms with Gasteiger partial charge in [-0.3, -0.25) is 28.8 Å². The van der Waals surface area contributed by atoms with Gasteiger partial charge in [-0.05, 0) is 316 Å². The summed E-state index contributed by atoms with van der Waals surface area (Å²) in [7, 11) is 0. The lowest BCUT2D eigenvalue weighted by molar-refractivity contribution is -0.173. The van der Waals surface area contributed by atoms with Crippen molar-refractivity contribution in [1.82, 2.24) is 0 Å². The Hall–Kier alpha value is -3.18. The molecule has 6 aliphatic rings. The standard InChI is InChI=1S/C19H36O2.C17H32O2.C15H28O2.2C13H24O2.C12H22O2/c1-5-18(2,3)17(20)21-19(4)15-13-11-9-7-6-8-10-12-14-16-19;1-5-16(2,3)15(18)19-17(4)13-11-9-7-6-8-10-12-14-17;1-5-14(3,4)13(16)17-15(6-2)11-9-7-8-10-12-15;1-5-12(2,3)11(14)15-13(4)9-7-6-8-10-13;1-5-12(3,4)11(14)15-13(6-2)9-7-8-10-13;1-5-11(2,3)10(13)14-12(4)8-6-7-9-12/h5-16H2,1-4H3;5-14H2,1-4H3;5-12H2,1-4H3;2*5-10H2,1-4H3;5-9H2,1-4H3. The molecule has 6 rings (SSSR count). The Morgan fingerprint density at radius 3 is 0.485 bits per heavy atom. The molecule has 0 radical (unpaired) electrons. The van der Waals surface area contributed by atoms with E-state index in [1.165, 1.54) is 173 Å². The second kappa shape index (κ2) is 45.5. The molecule has 0 aromatic carbocycles. The number of hydrogen-bond acceptors (Lipinski definition) is 12. The molecule has 0 bridgehead atoms. The Labute approximate surface area is 623 Å². The third-order valence-corrected chi connectivity index (χ3v) is 25.3. The first-order valence-electron chi connectivity index (χ1n) is 42.4. The molecule has 101 heavy (non-hydrogen) atoms. The summed E-state index contributed by atoms with van der Waals surface area (Å²) in [5, 5.41) is 0. The Morgan fingerprint density at radius 2 is 0.327 bits per heavy atom. The Balaban J connectivity index is 0.000000609. The second-order valence-electron chi connectivity index (χ2n) is 37.2. The maximum Gasteiger partial charge on any atom is 0.312 e. The molecule has 0 unspecified atom stereocenters. The van der Waals surface area contributed by atoms with Crippen LogP contribution in [0.15, 0.2) is 0 Å². The van der Waals surface area contributed by atoms with Gasteiger partial charge in [0.2, 0.25) is 0 Å². The predicted octanol–water partition coefficient (Wildman–Crippen LogP) is 26.4. The first kappa shape index (κ1) is 95.8. The van der Waals surface area contributed by atoms with Crippen molar-refractivity contribution in [2.45, 2.75) is 502 Å². The van der Waals surface area contributed by atoms with Gasteiger partial charge in [-0.2, -0.15) is 0 Å². The lowest BCUT2D eigenvalue weighted by Gasteiger charge is -2.36. The van der Waals surface area contributed by atoms with E-state index in [4.69, 9.17) is 28.4 Å². The minimum Gasteiger partial charge on any atom is -0.459 e. The summed E-state index contributed by atoms with van der Waals surface area (Å²) in [5.74, 6) is -0.134. The highest BCUT2D eigenvalue weighted by molar-refractivity contribution is 5.78. The largest absolute Gasteiger partial charge is 0.459 e. The number of ether oxygens (including phenoxy) is 6. The monoisotopic (exact) mass is 1430 g/mol. The summed E-state index contributed by atoms with van der Waals surface area (Å²) in [6.07, 6.45) is 53.5. The van der Waals surface area contributed by atoms with E-state index in [0.717, 1.165) is 128 Å². The van der Waals surface area contributed by atoms with Gasteiger partial charge >= 0.3 is 35.8 Å². The van der Waals surface area contributed by atoms with Crippen molar-refractivity contribution < 1.29 is 57.2 Å². The van der Waals surface area contributed by atoms with E-state index in [1.807, 2.05) is 111 Å². The number of carbonyl (C=O) groups is 6. The molecule has 594 valence electrons. The van der Waals surface area contributed by atoms with Crippen molar-refractivity contribution in [3.05, 3.63) is 0 Å². The SMILES string of the molecule is CCC(C)(C)C(=O)OC1(C)CCCC1.CCC(C)(C)C(=O)OC1(C)CCCCC1.CCC(C)(C)C(=O)OC1(C)CCCCCCCCC1.CCC(C)(C)C(=O)OC1(C)CCCCCCCCCCC1.CCC1(OC(=O)C(C)(C)CC)CCCC1.CCC1(OC(=O)C(C)(C)CC)CCCCCC1. The van der Waals surface area contributed by atoms with Crippen molar-refractivity contribution in [1.29, 1.82) is 0 Å². The molecule has 6 fully saturated rings. The summed E-state index contributed by atoms with van der Waals surface area (Å²) in [5.41, 5.74) is -3.19. The predicted molar refractivity (Wildman–Crippen MR) is 421 cm³/mol. The van der Waals surface area contributed by atoms with Crippen molar-refractivity contribution in [2.24, 2.45) is 32.5 Å². The number of esters is 6. The molecule has 12 nitrogen and oxygen atoms in total. The molecule has 0 amide bonds. The zero-order valence-corrected chi connectivity index (χ0v) is 71.1. The first-order valence-corrected chi connectivity index (χ1v) is 42.4. The van der Waals surface area contributed by atoms with E-state index in [0.29, 0.717) is 0 Å². The van der Waals surface area contributed by atoms with Gasteiger partial charge in [-0.1, -0.05) is 152 Å². The molecule has 0 aliphatic heterocycles. The molecule has 12 heteroatoms. The molecule has 0 N–H and O–H groups in total. The second-order valence-corrected chi connectivity index (χ2v) is 37.2. The van der Waals surface area contributed by atoms with Gasteiger partial charge in [0, 0.05) is 0 Å². The molecular formula is C89H166O12. The number of hydrogen-bond donors (Lipinski definition) is 0. The smallest absolute Gasteiger partial charge is 0.312 e. The molecule has 0 saturated heterocycles. The van der Waals surface area contributed by atoms with E-state index in [-0.39, 0.29) is 102 Å². The van der Waals surface area contributed by atoms with Crippen LogP contribution in [0.3, 0.4) is 0 Å². The highest BCUT2D eigenvalue weighted by Gasteiger charge is 2.43. The number of rotatable bonds is 20. The van der Waals surface area contributed by atoms with Gasteiger partial charge in [-0.25, -0.2) is 0 Å². The summed E-state index contributed by atoms with van der Waals surface area (Å²) < 4.78 is 34.9. The van der Waals surface area contributed by atoms with E-state index in [9.17, 15) is 28.8 Å². The van der Waals surface area contributed by atoms with Crippen LogP contribution in [0, 0.1) is 32.5 Å². The molecule has 6 aliphatic carbocycles. The van der Waals surface area contributed by atoms with Crippen LogP contribution in [0.25, 0.3) is 0 Å². The van der Waals surface area contributed by atoms with Crippen molar-refractivity contribution in [3.63, 3.8) is 0 Å². The van der Waals surface area contributed by atoms with E-state index >= 15 is 0 Å². The molecule has 6 saturated carbocycles. The van der Waals surface area contributed by atoms with Crippen molar-refractivity contribution in [2.75, 3.05) is 0 Å². The fourth-order valence-electron chi connectivity index (χ4n) is 13.6. The van der Waals surface area contributed by atoms with E-state index < -0.39 is 0 Å². The van der Waals surface area contributed by atoms with Crippen LogP contribution in [-0.2, 0) is 57.2 Å². The van der Waals surface area contributed by atoms with Crippen molar-refractivity contribution >= 4 is 35.8 Å².